The number of hydrogen-bond donors (Lipinski definition) is 2. The van der Waals surface area contributed by atoms with E-state index in [2.05, 4.69) is 21.2 Å². The number of rotatable bonds is 2. The van der Waals surface area contributed by atoms with Gasteiger partial charge in [0.2, 0.25) is 0 Å². The number of hydrogen-bond acceptors (Lipinski definition) is 2. The van der Waals surface area contributed by atoms with Crippen molar-refractivity contribution in [3.8, 4) is 0 Å². The van der Waals surface area contributed by atoms with E-state index in [1.54, 1.807) is 0 Å². The fourth-order valence-electron chi connectivity index (χ4n) is 1.59. The molecular weight excluding hydrogens is 340 g/mol. The summed E-state index contributed by atoms with van der Waals surface area (Å²) in [5.74, 6) is -0.517. The van der Waals surface area contributed by atoms with E-state index in [0.29, 0.717) is 10.2 Å². The largest absolute Gasteiger partial charge is 0.416 e. The maximum absolute atomic E-state index is 12.9. The predicted octanol–water partition coefficient (Wildman–Crippen LogP) is 4.93. The highest BCUT2D eigenvalue weighted by atomic mass is 79.9. The minimum absolute atomic E-state index is 0.106. The number of anilines is 3. The SMILES string of the molecule is Nc1cc(F)ccc1Nc1cc(C(F)(F)F)ccc1Br. The molecule has 106 valence electrons. The molecular formula is C13H9BrF4N2. The van der Waals surface area contributed by atoms with Gasteiger partial charge in [0.05, 0.1) is 22.6 Å². The normalized spacial score (nSPS) is 11.4. The Labute approximate surface area is 120 Å². The van der Waals surface area contributed by atoms with Crippen molar-refractivity contribution >= 4 is 33.0 Å². The first kappa shape index (κ1) is 14.6. The molecule has 0 radical (unpaired) electrons. The summed E-state index contributed by atoms with van der Waals surface area (Å²) in [4.78, 5) is 0. The highest BCUT2D eigenvalue weighted by Crippen LogP contribution is 2.35. The van der Waals surface area contributed by atoms with Gasteiger partial charge in [-0.1, -0.05) is 0 Å². The van der Waals surface area contributed by atoms with Crippen molar-refractivity contribution in [2.75, 3.05) is 11.1 Å². The fourth-order valence-corrected chi connectivity index (χ4v) is 1.94. The quantitative estimate of drug-likeness (QED) is 0.596. The number of nitrogen functional groups attached to an aromatic ring is 1. The monoisotopic (exact) mass is 348 g/mol. The summed E-state index contributed by atoms with van der Waals surface area (Å²) >= 11 is 3.15. The predicted molar refractivity (Wildman–Crippen MR) is 73.2 cm³/mol. The number of alkyl halides is 3. The molecule has 0 aromatic heterocycles. The van der Waals surface area contributed by atoms with E-state index in [9.17, 15) is 17.6 Å². The minimum atomic E-state index is -4.44. The van der Waals surface area contributed by atoms with Crippen molar-refractivity contribution in [1.82, 2.24) is 0 Å². The van der Waals surface area contributed by atoms with Crippen molar-refractivity contribution in [3.63, 3.8) is 0 Å². The van der Waals surface area contributed by atoms with Crippen LogP contribution in [0.4, 0.5) is 34.6 Å². The van der Waals surface area contributed by atoms with Crippen LogP contribution < -0.4 is 11.1 Å². The Bertz CT molecular complexity index is 641. The van der Waals surface area contributed by atoms with Crippen LogP contribution >= 0.6 is 15.9 Å². The van der Waals surface area contributed by atoms with Crippen LogP contribution in [0, 0.1) is 5.82 Å². The van der Waals surface area contributed by atoms with E-state index < -0.39 is 17.6 Å². The lowest BCUT2D eigenvalue weighted by Gasteiger charge is -2.14. The molecule has 0 bridgehead atoms. The van der Waals surface area contributed by atoms with Gasteiger partial charge in [-0.2, -0.15) is 13.2 Å². The molecule has 2 rings (SSSR count). The number of nitrogens with two attached hydrogens (primary N) is 1. The van der Waals surface area contributed by atoms with E-state index in [1.807, 2.05) is 0 Å². The zero-order valence-electron chi connectivity index (χ0n) is 9.93. The number of nitrogens with one attached hydrogen (secondary N) is 1. The first-order chi connectivity index (χ1) is 9.27. The van der Waals surface area contributed by atoms with Gasteiger partial charge >= 0.3 is 6.18 Å². The maximum atomic E-state index is 12.9. The molecule has 7 heteroatoms. The topological polar surface area (TPSA) is 38.0 Å². The molecule has 0 saturated carbocycles. The zero-order chi connectivity index (χ0) is 14.9. The van der Waals surface area contributed by atoms with Gasteiger partial charge < -0.3 is 11.1 Å². The molecule has 20 heavy (non-hydrogen) atoms. The molecule has 0 spiro atoms. The highest BCUT2D eigenvalue weighted by molar-refractivity contribution is 9.10. The third kappa shape index (κ3) is 3.22. The number of halogens is 5. The Hall–Kier alpha value is -1.76. The third-order valence-electron chi connectivity index (χ3n) is 2.58. The van der Waals surface area contributed by atoms with Crippen molar-refractivity contribution in [2.45, 2.75) is 6.18 Å². The lowest BCUT2D eigenvalue weighted by atomic mass is 10.2. The molecule has 0 saturated heterocycles. The van der Waals surface area contributed by atoms with Crippen LogP contribution in [-0.4, -0.2) is 0 Å². The van der Waals surface area contributed by atoms with Gasteiger partial charge in [-0.25, -0.2) is 4.39 Å². The molecule has 0 fully saturated rings. The minimum Gasteiger partial charge on any atom is -0.397 e. The van der Waals surface area contributed by atoms with Gasteiger partial charge in [0.15, 0.2) is 0 Å². The van der Waals surface area contributed by atoms with Crippen LogP contribution in [0.15, 0.2) is 40.9 Å². The van der Waals surface area contributed by atoms with E-state index in [1.165, 1.54) is 18.2 Å². The molecule has 2 nitrogen and oxygen atoms in total. The van der Waals surface area contributed by atoms with Gasteiger partial charge in [0.1, 0.15) is 5.82 Å². The lowest BCUT2D eigenvalue weighted by molar-refractivity contribution is -0.137. The van der Waals surface area contributed by atoms with E-state index in [-0.39, 0.29) is 11.4 Å². The maximum Gasteiger partial charge on any atom is 0.416 e. The van der Waals surface area contributed by atoms with Crippen LogP contribution in [0.5, 0.6) is 0 Å². The Balaban J connectivity index is 2.38. The van der Waals surface area contributed by atoms with Gasteiger partial charge in [-0.15, -0.1) is 0 Å². The Kier molecular flexibility index (Phi) is 3.89. The zero-order valence-corrected chi connectivity index (χ0v) is 11.5. The Morgan fingerprint density at radius 3 is 2.30 bits per heavy atom. The van der Waals surface area contributed by atoms with Crippen LogP contribution in [0.2, 0.25) is 0 Å². The molecule has 2 aromatic carbocycles. The first-order valence-corrected chi connectivity index (χ1v) is 6.25. The molecule has 0 unspecified atom stereocenters. The summed E-state index contributed by atoms with van der Waals surface area (Å²) in [5.41, 5.74) is 5.44. The second-order valence-electron chi connectivity index (χ2n) is 4.05. The first-order valence-electron chi connectivity index (χ1n) is 5.46. The third-order valence-corrected chi connectivity index (χ3v) is 3.27. The second kappa shape index (κ2) is 5.32. The van der Waals surface area contributed by atoms with Crippen LogP contribution in [0.1, 0.15) is 5.56 Å². The lowest BCUT2D eigenvalue weighted by Crippen LogP contribution is -2.06. The summed E-state index contributed by atoms with van der Waals surface area (Å²) in [5, 5.41) is 2.74. The molecule has 0 aliphatic heterocycles. The smallest absolute Gasteiger partial charge is 0.397 e. The van der Waals surface area contributed by atoms with Crippen LogP contribution in [-0.2, 0) is 6.18 Å². The number of benzene rings is 2. The molecule has 0 amide bonds. The van der Waals surface area contributed by atoms with Crippen molar-refractivity contribution in [1.29, 1.82) is 0 Å². The molecule has 0 atom stereocenters. The molecule has 2 aromatic rings. The summed E-state index contributed by atoms with van der Waals surface area (Å²) < 4.78 is 51.3. The molecule has 0 heterocycles. The summed E-state index contributed by atoms with van der Waals surface area (Å²) in [6.45, 7) is 0. The van der Waals surface area contributed by atoms with Gasteiger partial charge in [0.25, 0.3) is 0 Å². The standard InChI is InChI=1S/C13H9BrF4N2/c14-9-3-1-7(13(16,17)18)5-12(9)20-11-4-2-8(15)6-10(11)19/h1-6,20H,19H2. The van der Waals surface area contributed by atoms with Gasteiger partial charge in [0, 0.05) is 4.47 Å². The Morgan fingerprint density at radius 1 is 1.00 bits per heavy atom. The fraction of sp³-hybridized carbons (Fsp3) is 0.0769. The van der Waals surface area contributed by atoms with Gasteiger partial charge in [-0.05, 0) is 52.3 Å². The summed E-state index contributed by atoms with van der Waals surface area (Å²) in [6.07, 6.45) is -4.44. The van der Waals surface area contributed by atoms with Crippen LogP contribution in [0.3, 0.4) is 0 Å². The van der Waals surface area contributed by atoms with Crippen molar-refractivity contribution < 1.29 is 17.6 Å². The molecule has 3 N–H and O–H groups in total. The molecule has 0 aliphatic carbocycles. The van der Waals surface area contributed by atoms with Gasteiger partial charge in [-0.3, -0.25) is 0 Å². The van der Waals surface area contributed by atoms with Crippen molar-refractivity contribution in [3.05, 3.63) is 52.3 Å². The summed E-state index contributed by atoms with van der Waals surface area (Å²) in [7, 11) is 0. The van der Waals surface area contributed by atoms with E-state index in [0.717, 1.165) is 18.2 Å². The summed E-state index contributed by atoms with van der Waals surface area (Å²) in [6, 6.07) is 6.81. The second-order valence-corrected chi connectivity index (χ2v) is 4.90. The van der Waals surface area contributed by atoms with E-state index >= 15 is 0 Å². The Morgan fingerprint density at radius 2 is 1.70 bits per heavy atom. The molecule has 0 aliphatic rings. The van der Waals surface area contributed by atoms with E-state index in [4.69, 9.17) is 5.73 Å². The average molecular weight is 349 g/mol. The average Bonchev–Trinajstić information content (AvgIpc) is 2.33. The van der Waals surface area contributed by atoms with Crippen molar-refractivity contribution in [2.24, 2.45) is 0 Å². The van der Waals surface area contributed by atoms with Crippen LogP contribution in [0.25, 0.3) is 0 Å². The highest BCUT2D eigenvalue weighted by Gasteiger charge is 2.30.